The number of hydrogen-bond acceptors (Lipinski definition) is 4. The van der Waals surface area contributed by atoms with E-state index >= 15 is 0 Å². The molecule has 1 heterocycles. The van der Waals surface area contributed by atoms with Gasteiger partial charge >= 0.3 is 0 Å². The number of aromatic nitrogens is 1. The molecule has 0 fully saturated rings. The summed E-state index contributed by atoms with van der Waals surface area (Å²) in [6, 6.07) is 15.6. The van der Waals surface area contributed by atoms with E-state index in [1.165, 1.54) is 13.3 Å². The molecule has 0 aliphatic carbocycles. The third kappa shape index (κ3) is 2.25. The van der Waals surface area contributed by atoms with Gasteiger partial charge in [-0.2, -0.15) is 0 Å². The van der Waals surface area contributed by atoms with Crippen LogP contribution in [0.4, 0.5) is 0 Å². The van der Waals surface area contributed by atoms with Crippen molar-refractivity contribution in [3.8, 4) is 5.75 Å². The van der Waals surface area contributed by atoms with Crippen LogP contribution in [-0.4, -0.2) is 20.5 Å². The van der Waals surface area contributed by atoms with Crippen molar-refractivity contribution in [1.82, 2.24) is 4.98 Å². The van der Waals surface area contributed by atoms with E-state index in [1.807, 2.05) is 18.2 Å². The van der Waals surface area contributed by atoms with Gasteiger partial charge in [-0.05, 0) is 24.3 Å². The lowest BCUT2D eigenvalue weighted by atomic mass is 10.2. The van der Waals surface area contributed by atoms with Crippen LogP contribution in [-0.2, 0) is 9.84 Å². The van der Waals surface area contributed by atoms with Crippen LogP contribution in [0.25, 0.3) is 10.9 Å². The average Bonchev–Trinajstić information content (AvgIpc) is 2.54. The first kappa shape index (κ1) is 13.6. The molecule has 0 aliphatic rings. The fourth-order valence-corrected chi connectivity index (χ4v) is 3.62. The monoisotopic (exact) mass is 299 g/mol. The smallest absolute Gasteiger partial charge is 0.211 e. The van der Waals surface area contributed by atoms with Crippen LogP contribution in [0.15, 0.2) is 70.6 Å². The third-order valence-corrected chi connectivity index (χ3v) is 5.00. The van der Waals surface area contributed by atoms with Crippen LogP contribution in [0.5, 0.6) is 5.75 Å². The molecule has 0 spiro atoms. The minimum absolute atomic E-state index is 0.0786. The van der Waals surface area contributed by atoms with Crippen molar-refractivity contribution in [2.24, 2.45) is 0 Å². The summed E-state index contributed by atoms with van der Waals surface area (Å²) in [6.45, 7) is 0. The van der Waals surface area contributed by atoms with Gasteiger partial charge in [0.25, 0.3) is 0 Å². The molecule has 0 aliphatic heterocycles. The highest BCUT2D eigenvalue weighted by Gasteiger charge is 2.24. The van der Waals surface area contributed by atoms with E-state index in [0.717, 1.165) is 0 Å². The number of para-hydroxylation sites is 1. The highest BCUT2D eigenvalue weighted by molar-refractivity contribution is 7.91. The second-order valence-corrected chi connectivity index (χ2v) is 6.41. The Morgan fingerprint density at radius 1 is 0.952 bits per heavy atom. The molecule has 0 amide bonds. The highest BCUT2D eigenvalue weighted by Crippen LogP contribution is 2.34. The first-order valence-electron chi connectivity index (χ1n) is 6.36. The Balaban J connectivity index is 2.30. The zero-order valence-electron chi connectivity index (χ0n) is 11.4. The van der Waals surface area contributed by atoms with Crippen LogP contribution in [0.1, 0.15) is 0 Å². The van der Waals surface area contributed by atoms with E-state index in [4.69, 9.17) is 4.74 Å². The lowest BCUT2D eigenvalue weighted by Gasteiger charge is -2.11. The van der Waals surface area contributed by atoms with Crippen molar-refractivity contribution in [3.63, 3.8) is 0 Å². The van der Waals surface area contributed by atoms with Crippen molar-refractivity contribution in [2.75, 3.05) is 7.11 Å². The van der Waals surface area contributed by atoms with E-state index in [1.54, 1.807) is 36.4 Å². The topological polar surface area (TPSA) is 56.3 Å². The summed E-state index contributed by atoms with van der Waals surface area (Å²) in [7, 11) is -2.20. The molecule has 0 bridgehead atoms. The number of sulfone groups is 1. The number of fused-ring (bicyclic) bond motifs is 1. The Hall–Kier alpha value is -2.40. The van der Waals surface area contributed by atoms with Crippen molar-refractivity contribution in [1.29, 1.82) is 0 Å². The van der Waals surface area contributed by atoms with Crippen LogP contribution >= 0.6 is 0 Å². The molecule has 0 saturated heterocycles. The van der Waals surface area contributed by atoms with Crippen LogP contribution in [0, 0.1) is 0 Å². The lowest BCUT2D eigenvalue weighted by Crippen LogP contribution is -2.05. The van der Waals surface area contributed by atoms with Gasteiger partial charge in [-0.3, -0.25) is 4.98 Å². The summed E-state index contributed by atoms with van der Waals surface area (Å²) in [6.07, 6.45) is 1.35. The lowest BCUT2D eigenvalue weighted by molar-refractivity contribution is 0.407. The molecule has 0 unspecified atom stereocenters. The predicted octanol–water partition coefficient (Wildman–Crippen LogP) is 3.08. The van der Waals surface area contributed by atoms with E-state index in [2.05, 4.69) is 4.98 Å². The number of ether oxygens (including phenoxy) is 1. The number of nitrogens with zero attached hydrogens (tertiary/aromatic N) is 1. The molecule has 21 heavy (non-hydrogen) atoms. The zero-order chi connectivity index (χ0) is 14.9. The Labute approximate surface area is 122 Å². The molecule has 3 aromatic rings. The third-order valence-electron chi connectivity index (χ3n) is 3.24. The number of methoxy groups -OCH3 is 1. The van der Waals surface area contributed by atoms with Crippen molar-refractivity contribution in [3.05, 3.63) is 60.8 Å². The number of rotatable bonds is 3. The molecular weight excluding hydrogens is 286 g/mol. The Morgan fingerprint density at radius 2 is 1.62 bits per heavy atom. The quantitative estimate of drug-likeness (QED) is 0.746. The second-order valence-electron chi connectivity index (χ2n) is 4.49. The van der Waals surface area contributed by atoms with Gasteiger partial charge in [0, 0.05) is 5.39 Å². The zero-order valence-corrected chi connectivity index (χ0v) is 12.2. The molecule has 0 saturated carbocycles. The molecule has 1 aromatic heterocycles. The molecule has 106 valence electrons. The van der Waals surface area contributed by atoms with Crippen molar-refractivity contribution in [2.45, 2.75) is 9.79 Å². The molecular formula is C16H13NO3S. The predicted molar refractivity (Wildman–Crippen MR) is 80.2 cm³/mol. The number of hydrogen-bond donors (Lipinski definition) is 0. The van der Waals surface area contributed by atoms with Crippen LogP contribution in [0.3, 0.4) is 0 Å². The molecule has 2 aromatic carbocycles. The Kier molecular flexibility index (Phi) is 3.35. The second kappa shape index (κ2) is 5.18. The Morgan fingerprint density at radius 3 is 2.33 bits per heavy atom. The van der Waals surface area contributed by atoms with Gasteiger partial charge in [0.2, 0.25) is 9.84 Å². The van der Waals surface area contributed by atoms with Crippen molar-refractivity contribution < 1.29 is 13.2 Å². The minimum Gasteiger partial charge on any atom is -0.495 e. The summed E-state index contributed by atoms with van der Waals surface area (Å²) in [5.41, 5.74) is 0.696. The standard InChI is InChI=1S/C16H13NO3S/c1-20-16-13-9-5-6-10-14(13)17-11-15(16)21(18,19)12-7-3-2-4-8-12/h2-11H,1H3. The summed E-state index contributed by atoms with van der Waals surface area (Å²) < 4.78 is 30.8. The van der Waals surface area contributed by atoms with Gasteiger partial charge in [0.15, 0.2) is 0 Å². The molecule has 0 N–H and O–H groups in total. The summed E-state index contributed by atoms with van der Waals surface area (Å²) in [5, 5.41) is 0.678. The first-order chi connectivity index (χ1) is 10.1. The van der Waals surface area contributed by atoms with Crippen LogP contribution < -0.4 is 4.74 Å². The fraction of sp³-hybridized carbons (Fsp3) is 0.0625. The van der Waals surface area contributed by atoms with Gasteiger partial charge in [-0.15, -0.1) is 0 Å². The summed E-state index contributed by atoms with van der Waals surface area (Å²) >= 11 is 0. The molecule has 0 atom stereocenters. The van der Waals surface area contributed by atoms with Gasteiger partial charge in [-0.25, -0.2) is 8.42 Å². The molecule has 0 radical (unpaired) electrons. The van der Waals surface area contributed by atoms with E-state index in [9.17, 15) is 8.42 Å². The van der Waals surface area contributed by atoms with E-state index in [-0.39, 0.29) is 9.79 Å². The maximum atomic E-state index is 12.7. The molecule has 3 rings (SSSR count). The Bertz CT molecular complexity index is 890. The first-order valence-corrected chi connectivity index (χ1v) is 7.85. The summed E-state index contributed by atoms with van der Waals surface area (Å²) in [5.74, 6) is 0.324. The van der Waals surface area contributed by atoms with E-state index in [0.29, 0.717) is 16.7 Å². The van der Waals surface area contributed by atoms with E-state index < -0.39 is 9.84 Å². The van der Waals surface area contributed by atoms with Crippen LogP contribution in [0.2, 0.25) is 0 Å². The molecule has 4 nitrogen and oxygen atoms in total. The number of benzene rings is 2. The average molecular weight is 299 g/mol. The van der Waals surface area contributed by atoms with Crippen molar-refractivity contribution >= 4 is 20.7 Å². The minimum atomic E-state index is -3.66. The van der Waals surface area contributed by atoms with Gasteiger partial charge in [0.05, 0.1) is 23.7 Å². The molecule has 5 heteroatoms. The largest absolute Gasteiger partial charge is 0.495 e. The van der Waals surface area contributed by atoms with Gasteiger partial charge in [-0.1, -0.05) is 30.3 Å². The summed E-state index contributed by atoms with van der Waals surface area (Å²) in [4.78, 5) is 4.52. The normalized spacial score (nSPS) is 11.5. The highest BCUT2D eigenvalue weighted by atomic mass is 32.2. The maximum absolute atomic E-state index is 12.7. The fourth-order valence-electron chi connectivity index (χ4n) is 2.23. The SMILES string of the molecule is COc1c(S(=O)(=O)c2ccccc2)cnc2ccccc12. The number of pyridine rings is 1. The van der Waals surface area contributed by atoms with Gasteiger partial charge < -0.3 is 4.74 Å². The van der Waals surface area contributed by atoms with Gasteiger partial charge in [0.1, 0.15) is 10.6 Å². The maximum Gasteiger partial charge on any atom is 0.211 e.